The number of carbonyl (C=O) groups excluding carboxylic acids is 1. The summed E-state index contributed by atoms with van der Waals surface area (Å²) in [6, 6.07) is 7.63. The Kier molecular flexibility index (Phi) is 4.83. The van der Waals surface area contributed by atoms with Crippen LogP contribution in [0.2, 0.25) is 0 Å². The largest absolute Gasteiger partial charge is 0.339 e. The number of amides is 1. The summed E-state index contributed by atoms with van der Waals surface area (Å²) in [7, 11) is 0. The van der Waals surface area contributed by atoms with E-state index >= 15 is 0 Å². The highest BCUT2D eigenvalue weighted by molar-refractivity contribution is 5.97. The van der Waals surface area contributed by atoms with E-state index in [0.717, 1.165) is 56.2 Å². The van der Waals surface area contributed by atoms with E-state index < -0.39 is 0 Å². The van der Waals surface area contributed by atoms with Gasteiger partial charge in [0.2, 0.25) is 0 Å². The second-order valence-corrected chi connectivity index (χ2v) is 7.89. The summed E-state index contributed by atoms with van der Waals surface area (Å²) in [4.78, 5) is 15.2. The van der Waals surface area contributed by atoms with Crippen LogP contribution < -0.4 is 0 Å². The lowest BCUT2D eigenvalue weighted by Crippen LogP contribution is -2.38. The van der Waals surface area contributed by atoms with Gasteiger partial charge in [0.15, 0.2) is 0 Å². The molecule has 0 saturated carbocycles. The van der Waals surface area contributed by atoms with E-state index in [1.54, 1.807) is 17.2 Å². The number of likely N-dealkylation sites (tertiary alicyclic amines) is 1. The van der Waals surface area contributed by atoms with Crippen LogP contribution in [0.15, 0.2) is 36.9 Å². The Balaban J connectivity index is 1.31. The zero-order valence-electron chi connectivity index (χ0n) is 16.4. The molecular formula is C21H25N7O. The maximum absolute atomic E-state index is 13.2. The smallest absolute Gasteiger partial charge is 0.255 e. The number of fused-ring (bicyclic) bond motifs is 1. The van der Waals surface area contributed by atoms with Gasteiger partial charge in [-0.2, -0.15) is 0 Å². The molecule has 2 aliphatic heterocycles. The number of hydrogen-bond acceptors (Lipinski definition) is 5. The highest BCUT2D eigenvalue weighted by Crippen LogP contribution is 2.30. The molecular weight excluding hydrogens is 366 g/mol. The van der Waals surface area contributed by atoms with Crippen molar-refractivity contribution in [3.8, 4) is 5.69 Å². The lowest BCUT2D eigenvalue weighted by Gasteiger charge is -2.32. The first-order valence-corrected chi connectivity index (χ1v) is 10.5. The fraction of sp³-hybridized carbons (Fsp3) is 0.476. The predicted octanol–water partition coefficient (Wildman–Crippen LogP) is 2.61. The summed E-state index contributed by atoms with van der Waals surface area (Å²) < 4.78 is 4.13. The summed E-state index contributed by atoms with van der Waals surface area (Å²) in [5.41, 5.74) is 1.49. The zero-order valence-corrected chi connectivity index (χ0v) is 16.4. The van der Waals surface area contributed by atoms with E-state index in [1.807, 2.05) is 29.2 Å². The van der Waals surface area contributed by atoms with E-state index in [0.29, 0.717) is 11.5 Å². The Morgan fingerprint density at radius 1 is 0.931 bits per heavy atom. The van der Waals surface area contributed by atoms with Crippen LogP contribution in [-0.4, -0.2) is 53.4 Å². The third-order valence-corrected chi connectivity index (χ3v) is 6.12. The van der Waals surface area contributed by atoms with Gasteiger partial charge in [0.05, 0.1) is 11.3 Å². The second-order valence-electron chi connectivity index (χ2n) is 7.89. The van der Waals surface area contributed by atoms with Crippen LogP contribution in [-0.2, 0) is 13.0 Å². The summed E-state index contributed by atoms with van der Waals surface area (Å²) in [6.45, 7) is 2.51. The van der Waals surface area contributed by atoms with Gasteiger partial charge in [0.1, 0.15) is 24.3 Å². The topological polar surface area (TPSA) is 81.7 Å². The van der Waals surface area contributed by atoms with E-state index in [-0.39, 0.29) is 5.91 Å². The molecule has 2 aliphatic rings. The monoisotopic (exact) mass is 391 g/mol. The van der Waals surface area contributed by atoms with Crippen LogP contribution in [0.5, 0.6) is 0 Å². The summed E-state index contributed by atoms with van der Waals surface area (Å²) in [5, 5.41) is 16.7. The fourth-order valence-electron chi connectivity index (χ4n) is 4.53. The fourth-order valence-corrected chi connectivity index (χ4v) is 4.53. The van der Waals surface area contributed by atoms with E-state index in [4.69, 9.17) is 0 Å². The number of hydrogen-bond donors (Lipinski definition) is 0. The minimum absolute atomic E-state index is 0.0628. The molecule has 0 radical (unpaired) electrons. The van der Waals surface area contributed by atoms with Gasteiger partial charge in [0.25, 0.3) is 5.91 Å². The molecule has 0 N–H and O–H groups in total. The summed E-state index contributed by atoms with van der Waals surface area (Å²) >= 11 is 0. The molecule has 3 aromatic rings. The molecule has 1 amide bonds. The Bertz CT molecular complexity index is 986. The Hall–Kier alpha value is -3.03. The van der Waals surface area contributed by atoms with Gasteiger partial charge < -0.3 is 9.47 Å². The highest BCUT2D eigenvalue weighted by atomic mass is 16.2. The maximum Gasteiger partial charge on any atom is 0.255 e. The standard InChI is InChI=1S/C21H25N7O/c29-21(17-6-3-4-7-18(17)27-14-22-23-15-27)26-12-9-16(10-13-26)20-25-24-19-8-2-1-5-11-28(19)20/h3-4,6-7,14-16H,1-2,5,8-13H2. The Morgan fingerprint density at radius 2 is 1.72 bits per heavy atom. The van der Waals surface area contributed by atoms with Gasteiger partial charge in [-0.1, -0.05) is 18.6 Å². The van der Waals surface area contributed by atoms with Crippen molar-refractivity contribution in [1.82, 2.24) is 34.4 Å². The number of benzene rings is 1. The molecule has 0 unspecified atom stereocenters. The molecule has 29 heavy (non-hydrogen) atoms. The zero-order chi connectivity index (χ0) is 19.6. The molecule has 0 atom stereocenters. The number of nitrogens with zero attached hydrogens (tertiary/aromatic N) is 7. The number of aryl methyl sites for hydroxylation is 1. The van der Waals surface area contributed by atoms with Gasteiger partial charge in [-0.3, -0.25) is 9.36 Å². The predicted molar refractivity (Wildman–Crippen MR) is 107 cm³/mol. The van der Waals surface area contributed by atoms with Crippen molar-refractivity contribution in [1.29, 1.82) is 0 Å². The molecule has 8 heteroatoms. The van der Waals surface area contributed by atoms with Crippen molar-refractivity contribution >= 4 is 5.91 Å². The normalized spacial score (nSPS) is 17.7. The molecule has 0 aliphatic carbocycles. The molecule has 1 fully saturated rings. The molecule has 1 aromatic carbocycles. The molecule has 4 heterocycles. The second kappa shape index (κ2) is 7.77. The van der Waals surface area contributed by atoms with Crippen molar-refractivity contribution in [3.63, 3.8) is 0 Å². The molecule has 5 rings (SSSR count). The number of carbonyl (C=O) groups is 1. The Morgan fingerprint density at radius 3 is 2.55 bits per heavy atom. The van der Waals surface area contributed by atoms with Crippen molar-refractivity contribution in [2.24, 2.45) is 0 Å². The van der Waals surface area contributed by atoms with Gasteiger partial charge in [-0.05, 0) is 37.8 Å². The average Bonchev–Trinajstić information content (AvgIpc) is 3.39. The summed E-state index contributed by atoms with van der Waals surface area (Å²) in [5.74, 6) is 2.71. The van der Waals surface area contributed by atoms with Crippen molar-refractivity contribution in [2.75, 3.05) is 13.1 Å². The van der Waals surface area contributed by atoms with Crippen LogP contribution in [0, 0.1) is 0 Å². The van der Waals surface area contributed by atoms with Crippen LogP contribution in [0.1, 0.15) is 60.0 Å². The van der Waals surface area contributed by atoms with Gasteiger partial charge in [0, 0.05) is 32.0 Å². The van der Waals surface area contributed by atoms with E-state index in [2.05, 4.69) is 25.0 Å². The molecule has 1 saturated heterocycles. The SMILES string of the molecule is O=C(c1ccccc1-n1cnnc1)N1CCC(c2nnc3n2CCCCC3)CC1. The summed E-state index contributed by atoms with van der Waals surface area (Å²) in [6.07, 6.45) is 9.81. The van der Waals surface area contributed by atoms with Crippen LogP contribution >= 0.6 is 0 Å². The molecule has 0 bridgehead atoms. The number of para-hydroxylation sites is 1. The van der Waals surface area contributed by atoms with E-state index in [1.165, 1.54) is 19.3 Å². The quantitative estimate of drug-likeness (QED) is 0.685. The maximum atomic E-state index is 13.2. The lowest BCUT2D eigenvalue weighted by atomic mass is 9.95. The van der Waals surface area contributed by atoms with Gasteiger partial charge in [-0.25, -0.2) is 0 Å². The number of piperidine rings is 1. The first-order valence-electron chi connectivity index (χ1n) is 10.5. The van der Waals surface area contributed by atoms with Crippen molar-refractivity contribution < 1.29 is 4.79 Å². The number of aromatic nitrogens is 6. The van der Waals surface area contributed by atoms with Crippen LogP contribution in [0.25, 0.3) is 5.69 Å². The lowest BCUT2D eigenvalue weighted by molar-refractivity contribution is 0.0710. The molecule has 150 valence electrons. The van der Waals surface area contributed by atoms with E-state index in [9.17, 15) is 4.79 Å². The molecule has 2 aromatic heterocycles. The Labute approximate surface area is 169 Å². The molecule has 8 nitrogen and oxygen atoms in total. The third kappa shape index (κ3) is 3.43. The first kappa shape index (κ1) is 18.0. The first-order chi connectivity index (χ1) is 14.3. The minimum atomic E-state index is 0.0628. The van der Waals surface area contributed by atoms with Crippen LogP contribution in [0.4, 0.5) is 0 Å². The highest BCUT2D eigenvalue weighted by Gasteiger charge is 2.29. The number of rotatable bonds is 3. The average molecular weight is 391 g/mol. The third-order valence-electron chi connectivity index (χ3n) is 6.12. The minimum Gasteiger partial charge on any atom is -0.339 e. The van der Waals surface area contributed by atoms with Gasteiger partial charge >= 0.3 is 0 Å². The molecule has 0 spiro atoms. The van der Waals surface area contributed by atoms with Crippen LogP contribution in [0.3, 0.4) is 0 Å². The van der Waals surface area contributed by atoms with Crippen molar-refractivity contribution in [3.05, 3.63) is 54.1 Å². The van der Waals surface area contributed by atoms with Crippen molar-refractivity contribution in [2.45, 2.75) is 51.0 Å². The van der Waals surface area contributed by atoms with Gasteiger partial charge in [-0.15, -0.1) is 20.4 Å².